The fourth-order valence-electron chi connectivity index (χ4n) is 0.997. The van der Waals surface area contributed by atoms with E-state index in [1.54, 1.807) is 24.3 Å². The first kappa shape index (κ1) is 15.0. The first-order valence-electron chi connectivity index (χ1n) is 4.42. The molecule has 0 fully saturated rings. The number of rotatable bonds is 5. The first-order valence-corrected chi connectivity index (χ1v) is 6.98. The lowest BCUT2D eigenvalue weighted by Gasteiger charge is -2.22. The number of alkyl halides is 3. The summed E-state index contributed by atoms with van der Waals surface area (Å²) in [5.74, 6) is 0. The third-order valence-electron chi connectivity index (χ3n) is 1.71. The molecule has 0 saturated carbocycles. The Morgan fingerprint density at radius 2 is 1.94 bits per heavy atom. The third-order valence-corrected chi connectivity index (χ3v) is 4.06. The van der Waals surface area contributed by atoms with E-state index in [0.717, 1.165) is 9.27 Å². The van der Waals surface area contributed by atoms with Gasteiger partial charge >= 0.3 is 3.92 Å². The van der Waals surface area contributed by atoms with Crippen LogP contribution in [-0.2, 0) is 15.4 Å². The van der Waals surface area contributed by atoms with Crippen molar-refractivity contribution >= 4 is 52.1 Å². The van der Waals surface area contributed by atoms with Crippen molar-refractivity contribution in [2.24, 2.45) is 0 Å². The van der Waals surface area contributed by atoms with Crippen LogP contribution in [0.5, 0.6) is 0 Å². The summed E-state index contributed by atoms with van der Waals surface area (Å²) in [5, 5.41) is 0. The summed E-state index contributed by atoms with van der Waals surface area (Å²) in [6.07, 6.45) is 0. The lowest BCUT2D eigenvalue weighted by atomic mass is 10.2. The Kier molecular flexibility index (Phi) is 5.53. The zero-order valence-electron chi connectivity index (χ0n) is 9.02. The summed E-state index contributed by atoms with van der Waals surface area (Å²) in [6.45, 7) is 1.90. The maximum Gasteiger partial charge on any atom is 0.324 e. The minimum Gasteiger partial charge on any atom is -0.276 e. The molecule has 0 aliphatic heterocycles. The molecule has 1 rings (SSSR count). The third kappa shape index (κ3) is 5.01. The van der Waals surface area contributed by atoms with E-state index in [1.165, 1.54) is 7.11 Å². The Bertz CT molecular complexity index is 397. The molecule has 8 heteroatoms. The molecule has 0 aliphatic carbocycles. The van der Waals surface area contributed by atoms with Gasteiger partial charge in [0.2, 0.25) is 0 Å². The van der Waals surface area contributed by atoms with Crippen molar-refractivity contribution in [3.63, 3.8) is 0 Å². The predicted molar refractivity (Wildman–Crippen MR) is 71.9 cm³/mol. The van der Waals surface area contributed by atoms with Crippen molar-refractivity contribution in [2.75, 3.05) is 10.8 Å². The van der Waals surface area contributed by atoms with Gasteiger partial charge < -0.3 is 0 Å². The van der Waals surface area contributed by atoms with Gasteiger partial charge in [0.25, 0.3) is 11.3 Å². The van der Waals surface area contributed by atoms with Crippen molar-refractivity contribution in [1.82, 2.24) is 0 Å². The molecule has 1 atom stereocenters. The zero-order chi connectivity index (χ0) is 13.1. The molecule has 0 aromatic heterocycles. The smallest absolute Gasteiger partial charge is 0.276 e. The highest BCUT2D eigenvalue weighted by Crippen LogP contribution is 2.41. The topological polar surface area (TPSA) is 29.5 Å². The van der Waals surface area contributed by atoms with Gasteiger partial charge in [-0.05, 0) is 19.1 Å². The predicted octanol–water partition coefficient (Wildman–Crippen LogP) is 3.73. The molecule has 0 N–H and O–H groups in total. The average Bonchev–Trinajstić information content (AvgIpc) is 2.25. The minimum absolute atomic E-state index is 0.366. The molecule has 0 bridgehead atoms. The molecular formula is C9H10Cl2FNO2S2. The molecule has 1 aromatic rings. The second kappa shape index (κ2) is 6.24. The highest BCUT2D eigenvalue weighted by molar-refractivity contribution is 8.13. The van der Waals surface area contributed by atoms with E-state index in [1.807, 2.05) is 6.92 Å². The second-order valence-electron chi connectivity index (χ2n) is 3.01. The van der Waals surface area contributed by atoms with Crippen LogP contribution in [-0.4, -0.2) is 15.2 Å². The van der Waals surface area contributed by atoms with Crippen molar-refractivity contribution in [3.8, 4) is 0 Å². The SMILES string of the molecule is COS(=O)N(SC(F)(Cl)Cl)c1ccc(C)cc1. The lowest BCUT2D eigenvalue weighted by molar-refractivity contribution is 0.447. The fourth-order valence-corrected chi connectivity index (χ4v) is 3.24. The molecule has 0 radical (unpaired) electrons. The van der Waals surface area contributed by atoms with Crippen LogP contribution < -0.4 is 3.71 Å². The highest BCUT2D eigenvalue weighted by Gasteiger charge is 2.31. The van der Waals surface area contributed by atoms with E-state index >= 15 is 0 Å². The quantitative estimate of drug-likeness (QED) is 0.612. The Balaban J connectivity index is 2.98. The molecule has 1 unspecified atom stereocenters. The van der Waals surface area contributed by atoms with Crippen LogP contribution in [0, 0.1) is 6.92 Å². The van der Waals surface area contributed by atoms with Gasteiger partial charge in [0, 0.05) is 11.9 Å². The van der Waals surface area contributed by atoms with Crippen molar-refractivity contribution in [1.29, 1.82) is 0 Å². The zero-order valence-corrected chi connectivity index (χ0v) is 12.2. The van der Waals surface area contributed by atoms with Gasteiger partial charge in [0.1, 0.15) is 0 Å². The molecular weight excluding hydrogens is 308 g/mol. The number of hydrogen-bond donors (Lipinski definition) is 0. The van der Waals surface area contributed by atoms with Gasteiger partial charge in [-0.15, -0.1) is 0 Å². The number of benzene rings is 1. The van der Waals surface area contributed by atoms with E-state index in [2.05, 4.69) is 4.18 Å². The van der Waals surface area contributed by atoms with Crippen LogP contribution in [0.4, 0.5) is 10.1 Å². The largest absolute Gasteiger partial charge is 0.324 e. The summed E-state index contributed by atoms with van der Waals surface area (Å²) in [7, 11) is 1.24. The normalized spacial score (nSPS) is 13.5. The van der Waals surface area contributed by atoms with Crippen LogP contribution in [0.15, 0.2) is 24.3 Å². The minimum atomic E-state index is -2.58. The molecule has 0 saturated heterocycles. The number of anilines is 1. The molecule has 3 nitrogen and oxygen atoms in total. The van der Waals surface area contributed by atoms with Crippen molar-refractivity contribution in [2.45, 2.75) is 10.8 Å². The van der Waals surface area contributed by atoms with Gasteiger partial charge in [-0.3, -0.25) is 4.18 Å². The maximum absolute atomic E-state index is 13.2. The van der Waals surface area contributed by atoms with Crippen molar-refractivity contribution in [3.05, 3.63) is 29.8 Å². The first-order chi connectivity index (χ1) is 7.83. The standard InChI is InChI=1S/C9H10Cl2FNO2S2/c1-7-3-5-8(6-4-7)13(17(14)15-2)16-9(10,11)12/h3-6H,1-2H3. The van der Waals surface area contributed by atoms with Gasteiger partial charge in [0.05, 0.1) is 12.8 Å². The van der Waals surface area contributed by atoms with E-state index in [0.29, 0.717) is 17.6 Å². The number of halogens is 3. The summed E-state index contributed by atoms with van der Waals surface area (Å²) in [5.41, 5.74) is 1.49. The van der Waals surface area contributed by atoms with Gasteiger partial charge in [-0.1, -0.05) is 40.9 Å². The van der Waals surface area contributed by atoms with Gasteiger partial charge in [0.15, 0.2) is 0 Å². The number of hydrogen-bond acceptors (Lipinski definition) is 3. The fraction of sp³-hybridized carbons (Fsp3) is 0.333. The van der Waals surface area contributed by atoms with Gasteiger partial charge in [-0.2, -0.15) is 4.39 Å². The van der Waals surface area contributed by atoms with E-state index in [-0.39, 0.29) is 0 Å². The summed E-state index contributed by atoms with van der Waals surface area (Å²) in [4.78, 5) is 0. The monoisotopic (exact) mass is 317 g/mol. The molecule has 0 aliphatic rings. The molecule has 0 heterocycles. The molecule has 0 spiro atoms. The maximum atomic E-state index is 13.2. The van der Waals surface area contributed by atoms with Crippen LogP contribution >= 0.6 is 35.1 Å². The second-order valence-corrected chi connectivity index (χ2v) is 7.17. The molecule has 17 heavy (non-hydrogen) atoms. The van der Waals surface area contributed by atoms with Crippen molar-refractivity contribution < 1.29 is 12.8 Å². The summed E-state index contributed by atoms with van der Waals surface area (Å²) in [6, 6.07) is 6.91. The molecule has 0 amide bonds. The van der Waals surface area contributed by atoms with Crippen LogP contribution in [0.25, 0.3) is 0 Å². The molecule has 96 valence electrons. The lowest BCUT2D eigenvalue weighted by Crippen LogP contribution is -2.22. The highest BCUT2D eigenvalue weighted by atomic mass is 35.5. The van der Waals surface area contributed by atoms with E-state index in [9.17, 15) is 8.60 Å². The average molecular weight is 318 g/mol. The molecule has 1 aromatic carbocycles. The Hall–Kier alpha value is -0.0100. The van der Waals surface area contributed by atoms with Crippen LogP contribution in [0.3, 0.4) is 0 Å². The van der Waals surface area contributed by atoms with Crippen LogP contribution in [0.1, 0.15) is 5.56 Å². The number of nitrogens with zero attached hydrogens (tertiary/aromatic N) is 1. The Labute approximate surface area is 116 Å². The summed E-state index contributed by atoms with van der Waals surface area (Å²) < 4.78 is 27.9. The van der Waals surface area contributed by atoms with Gasteiger partial charge in [-0.25, -0.2) is 7.92 Å². The van der Waals surface area contributed by atoms with E-state index in [4.69, 9.17) is 23.2 Å². The Morgan fingerprint density at radius 3 is 2.35 bits per heavy atom. The van der Waals surface area contributed by atoms with E-state index < -0.39 is 15.2 Å². The van der Waals surface area contributed by atoms with Crippen LogP contribution in [0.2, 0.25) is 0 Å². The number of aryl methyl sites for hydroxylation is 1. The Morgan fingerprint density at radius 1 is 1.41 bits per heavy atom. The summed E-state index contributed by atoms with van der Waals surface area (Å²) >= 11 is 8.96.